The van der Waals surface area contributed by atoms with Gasteiger partial charge in [-0.3, -0.25) is 9.59 Å². The minimum absolute atomic E-state index is 0.0588. The van der Waals surface area contributed by atoms with E-state index in [0.717, 1.165) is 29.7 Å². The molecule has 7 atom stereocenters. The number of carbonyl (C=O) groups excluding carboxylic acids is 2. The Kier molecular flexibility index (Phi) is 6.28. The molecule has 5 aliphatic rings. The van der Waals surface area contributed by atoms with Crippen LogP contribution in [0.3, 0.4) is 0 Å². The highest BCUT2D eigenvalue weighted by Crippen LogP contribution is 2.67. The zero-order chi connectivity index (χ0) is 23.4. The van der Waals surface area contributed by atoms with Crippen LogP contribution in [-0.2, 0) is 9.59 Å². The van der Waals surface area contributed by atoms with Crippen LogP contribution in [0.5, 0.6) is 0 Å². The second kappa shape index (κ2) is 8.80. The second-order valence-electron chi connectivity index (χ2n) is 13.2. The van der Waals surface area contributed by atoms with Crippen molar-refractivity contribution >= 4 is 11.6 Å². The first-order valence-corrected chi connectivity index (χ1v) is 14.2. The fraction of sp³-hybridized carbons (Fsp3) is 0.806. The Morgan fingerprint density at radius 3 is 2.55 bits per heavy atom. The average Bonchev–Trinajstić information content (AvgIpc) is 3.16. The van der Waals surface area contributed by atoms with Crippen LogP contribution in [0.2, 0.25) is 0 Å². The van der Waals surface area contributed by atoms with E-state index in [-0.39, 0.29) is 17.0 Å². The van der Waals surface area contributed by atoms with Crippen molar-refractivity contribution in [1.82, 2.24) is 0 Å². The molecule has 4 saturated carbocycles. The summed E-state index contributed by atoms with van der Waals surface area (Å²) in [5, 5.41) is 0. The lowest BCUT2D eigenvalue weighted by Crippen LogP contribution is -2.53. The maximum absolute atomic E-state index is 13.2. The van der Waals surface area contributed by atoms with Crippen molar-refractivity contribution in [2.75, 3.05) is 0 Å². The summed E-state index contributed by atoms with van der Waals surface area (Å²) in [6.45, 7) is 11.9. The smallest absolute Gasteiger partial charge is 0.159 e. The normalized spacial score (nSPS) is 42.2. The topological polar surface area (TPSA) is 34.1 Å². The van der Waals surface area contributed by atoms with Gasteiger partial charge in [0, 0.05) is 18.4 Å². The third-order valence-electron chi connectivity index (χ3n) is 11.7. The van der Waals surface area contributed by atoms with Gasteiger partial charge in [-0.15, -0.1) is 0 Å². The van der Waals surface area contributed by atoms with Crippen molar-refractivity contribution in [2.24, 2.45) is 46.3 Å². The van der Waals surface area contributed by atoms with Crippen molar-refractivity contribution < 1.29 is 9.59 Å². The van der Waals surface area contributed by atoms with Gasteiger partial charge in [0.15, 0.2) is 11.6 Å². The number of Topliss-reactive ketones (excluding diaryl/α,β-unsaturated/α-hetero) is 1. The van der Waals surface area contributed by atoms with Gasteiger partial charge < -0.3 is 0 Å². The maximum atomic E-state index is 13.2. The molecule has 2 heteroatoms. The summed E-state index contributed by atoms with van der Waals surface area (Å²) >= 11 is 0. The van der Waals surface area contributed by atoms with Crippen molar-refractivity contribution in [2.45, 2.75) is 111 Å². The van der Waals surface area contributed by atoms with Gasteiger partial charge in [-0.2, -0.15) is 0 Å². The van der Waals surface area contributed by atoms with Crippen molar-refractivity contribution in [3.05, 3.63) is 23.8 Å². The van der Waals surface area contributed by atoms with E-state index in [1.165, 1.54) is 76.2 Å². The predicted molar refractivity (Wildman–Crippen MR) is 135 cm³/mol. The molecule has 0 spiro atoms. The van der Waals surface area contributed by atoms with E-state index in [4.69, 9.17) is 0 Å². The highest BCUT2D eigenvalue weighted by molar-refractivity contribution is 6.05. The van der Waals surface area contributed by atoms with Crippen LogP contribution in [-0.4, -0.2) is 11.6 Å². The fourth-order valence-electron chi connectivity index (χ4n) is 9.69. The van der Waals surface area contributed by atoms with Gasteiger partial charge in [-0.05, 0) is 110 Å². The van der Waals surface area contributed by atoms with Gasteiger partial charge >= 0.3 is 0 Å². The highest BCUT2D eigenvalue weighted by Gasteiger charge is 2.61. The van der Waals surface area contributed by atoms with Crippen LogP contribution in [0.1, 0.15) is 111 Å². The first-order chi connectivity index (χ1) is 15.7. The Hall–Kier alpha value is -1.18. The molecule has 5 rings (SSSR count). The van der Waals surface area contributed by atoms with Gasteiger partial charge in [0.25, 0.3) is 0 Å². The van der Waals surface area contributed by atoms with Crippen LogP contribution in [0.4, 0.5) is 0 Å². The number of hydrogen-bond acceptors (Lipinski definition) is 2. The zero-order valence-corrected chi connectivity index (χ0v) is 21.5. The number of allylic oxidation sites excluding steroid dienone is 2. The largest absolute Gasteiger partial charge is 0.295 e. The summed E-state index contributed by atoms with van der Waals surface area (Å²) in [4.78, 5) is 25.3. The number of hydrogen-bond donors (Lipinski definition) is 0. The quantitative estimate of drug-likeness (QED) is 0.399. The molecular weight excluding hydrogens is 404 g/mol. The first-order valence-electron chi connectivity index (χ1n) is 14.2. The summed E-state index contributed by atoms with van der Waals surface area (Å²) in [7, 11) is 0. The SMILES string of the molecule is C=C(CC[C@@H](C)[C@H]1CC[C@H]2[C@@H]3CC(=O)C4=CC(=O)CC[C@]4(C)[C@H]3CC[C@]12C)C1CCCCC1. The van der Waals surface area contributed by atoms with E-state index in [1.807, 2.05) is 0 Å². The van der Waals surface area contributed by atoms with Crippen LogP contribution in [0.15, 0.2) is 23.8 Å². The molecule has 0 N–H and O–H groups in total. The molecule has 5 aliphatic carbocycles. The summed E-state index contributed by atoms with van der Waals surface area (Å²) in [6, 6.07) is 0. The Labute approximate surface area is 202 Å². The third-order valence-corrected chi connectivity index (χ3v) is 11.7. The molecule has 0 aromatic rings. The van der Waals surface area contributed by atoms with Crippen molar-refractivity contribution in [3.63, 3.8) is 0 Å². The molecule has 0 saturated heterocycles. The third kappa shape index (κ3) is 3.92. The second-order valence-corrected chi connectivity index (χ2v) is 13.2. The molecule has 0 bridgehead atoms. The molecule has 0 aromatic carbocycles. The molecule has 4 fully saturated rings. The van der Waals surface area contributed by atoms with E-state index in [2.05, 4.69) is 27.4 Å². The lowest BCUT2D eigenvalue weighted by molar-refractivity contribution is -0.131. The highest BCUT2D eigenvalue weighted by atomic mass is 16.1. The maximum Gasteiger partial charge on any atom is 0.159 e. The van der Waals surface area contributed by atoms with E-state index in [1.54, 1.807) is 6.08 Å². The number of rotatable bonds is 5. The zero-order valence-electron chi connectivity index (χ0n) is 21.5. The fourth-order valence-corrected chi connectivity index (χ4v) is 9.69. The van der Waals surface area contributed by atoms with E-state index >= 15 is 0 Å². The molecule has 182 valence electrons. The van der Waals surface area contributed by atoms with Crippen LogP contribution in [0.25, 0.3) is 0 Å². The lowest BCUT2D eigenvalue weighted by Gasteiger charge is -2.57. The minimum Gasteiger partial charge on any atom is -0.295 e. The van der Waals surface area contributed by atoms with Crippen LogP contribution >= 0.6 is 0 Å². The molecule has 0 aromatic heterocycles. The van der Waals surface area contributed by atoms with Crippen LogP contribution < -0.4 is 0 Å². The van der Waals surface area contributed by atoms with E-state index in [9.17, 15) is 9.59 Å². The number of carbonyl (C=O) groups is 2. The van der Waals surface area contributed by atoms with Gasteiger partial charge in [-0.1, -0.05) is 52.2 Å². The molecule has 0 aliphatic heterocycles. The number of ketones is 2. The standard InChI is InChI=1S/C31H46O2/c1-20(22-8-6-5-7-9-22)10-11-21(2)25-12-13-26-24-19-29(33)28-18-23(32)14-16-31(28,4)27(24)15-17-30(25,26)3/h18,21-22,24-27H,1,5-17,19H2,2-4H3/t21-,24+,25-,26+,27+,30-,31-/m1/s1. The monoisotopic (exact) mass is 450 g/mol. The lowest BCUT2D eigenvalue weighted by atomic mass is 9.46. The Morgan fingerprint density at radius 2 is 1.79 bits per heavy atom. The number of fused-ring (bicyclic) bond motifs is 5. The van der Waals surface area contributed by atoms with Gasteiger partial charge in [0.2, 0.25) is 0 Å². The first kappa shape index (κ1) is 23.6. The molecule has 33 heavy (non-hydrogen) atoms. The summed E-state index contributed by atoms with van der Waals surface area (Å²) in [5.74, 6) is 4.58. The summed E-state index contributed by atoms with van der Waals surface area (Å²) in [5.41, 5.74) is 2.74. The summed E-state index contributed by atoms with van der Waals surface area (Å²) < 4.78 is 0. The Balaban J connectivity index is 1.28. The van der Waals surface area contributed by atoms with Gasteiger partial charge in [-0.25, -0.2) is 0 Å². The van der Waals surface area contributed by atoms with Crippen molar-refractivity contribution in [3.8, 4) is 0 Å². The average molecular weight is 451 g/mol. The van der Waals surface area contributed by atoms with Gasteiger partial charge in [0.05, 0.1) is 0 Å². The predicted octanol–water partition coefficient (Wildman–Crippen LogP) is 7.87. The van der Waals surface area contributed by atoms with E-state index in [0.29, 0.717) is 36.0 Å². The minimum atomic E-state index is -0.0588. The molecule has 0 unspecified atom stereocenters. The van der Waals surface area contributed by atoms with E-state index < -0.39 is 0 Å². The van der Waals surface area contributed by atoms with Crippen LogP contribution in [0, 0.1) is 46.3 Å². The molecule has 2 nitrogen and oxygen atoms in total. The Morgan fingerprint density at radius 1 is 1.03 bits per heavy atom. The summed E-state index contributed by atoms with van der Waals surface area (Å²) in [6.07, 6.45) is 18.6. The molecule has 0 amide bonds. The molecular formula is C31H46O2. The van der Waals surface area contributed by atoms with Gasteiger partial charge in [0.1, 0.15) is 0 Å². The Bertz CT molecular complexity index is 845. The van der Waals surface area contributed by atoms with Crippen molar-refractivity contribution in [1.29, 1.82) is 0 Å². The molecule has 0 heterocycles. The molecule has 0 radical (unpaired) electrons.